The van der Waals surface area contributed by atoms with Crippen molar-refractivity contribution in [2.24, 2.45) is 0 Å². The predicted molar refractivity (Wildman–Crippen MR) is 78.6 cm³/mol. The highest BCUT2D eigenvalue weighted by molar-refractivity contribution is 5.89. The predicted octanol–water partition coefficient (Wildman–Crippen LogP) is 2.40. The first kappa shape index (κ1) is 15.0. The normalized spacial score (nSPS) is 10.4. The highest BCUT2D eigenvalue weighted by Crippen LogP contribution is 2.14. The summed E-state index contributed by atoms with van der Waals surface area (Å²) in [5.74, 6) is 0.523. The first-order chi connectivity index (χ1) is 10.1. The molecule has 0 atom stereocenters. The number of hydrogen-bond donors (Lipinski definition) is 0. The van der Waals surface area contributed by atoms with Gasteiger partial charge in [-0.15, -0.1) is 0 Å². The molecule has 0 spiro atoms. The van der Waals surface area contributed by atoms with E-state index in [0.29, 0.717) is 17.8 Å². The van der Waals surface area contributed by atoms with Crippen molar-refractivity contribution in [1.82, 2.24) is 9.55 Å². The number of hydrogen-bond acceptors (Lipinski definition) is 4. The lowest BCUT2D eigenvalue weighted by Gasteiger charge is -2.09. The second kappa shape index (κ2) is 6.35. The molecule has 0 saturated heterocycles. The molecule has 0 aliphatic rings. The molecule has 5 heteroatoms. The molecule has 5 nitrogen and oxygen atoms in total. The zero-order valence-corrected chi connectivity index (χ0v) is 12.4. The Hall–Kier alpha value is -2.43. The fourth-order valence-corrected chi connectivity index (χ4v) is 2.29. The third-order valence-corrected chi connectivity index (χ3v) is 3.41. The Kier molecular flexibility index (Phi) is 4.52. The summed E-state index contributed by atoms with van der Waals surface area (Å²) in [4.78, 5) is 27.0. The number of carbonyl (C=O) groups is 2. The first-order valence-electron chi connectivity index (χ1n) is 6.79. The molecule has 0 N–H and O–H groups in total. The van der Waals surface area contributed by atoms with Gasteiger partial charge in [-0.3, -0.25) is 4.79 Å². The Morgan fingerprint density at radius 2 is 2.00 bits per heavy atom. The van der Waals surface area contributed by atoms with Gasteiger partial charge in [0.15, 0.2) is 6.29 Å². The van der Waals surface area contributed by atoms with Crippen molar-refractivity contribution in [2.45, 2.75) is 26.8 Å². The van der Waals surface area contributed by atoms with Crippen molar-refractivity contribution in [3.8, 4) is 0 Å². The second-order valence-corrected chi connectivity index (χ2v) is 4.74. The largest absolute Gasteiger partial charge is 0.465 e. The van der Waals surface area contributed by atoms with E-state index in [1.807, 2.05) is 30.5 Å². The molecule has 1 heterocycles. The molecule has 0 amide bonds. The van der Waals surface area contributed by atoms with E-state index in [-0.39, 0.29) is 5.97 Å². The molecular weight excluding hydrogens is 268 g/mol. The minimum absolute atomic E-state index is 0.358. The van der Waals surface area contributed by atoms with Crippen LogP contribution in [0.3, 0.4) is 0 Å². The zero-order valence-electron chi connectivity index (χ0n) is 12.4. The highest BCUT2D eigenvalue weighted by atomic mass is 16.5. The molecule has 0 radical (unpaired) electrons. The first-order valence-corrected chi connectivity index (χ1v) is 6.79. The number of imidazole rings is 1. The van der Waals surface area contributed by atoms with E-state index < -0.39 is 0 Å². The van der Waals surface area contributed by atoms with Crippen LogP contribution in [-0.2, 0) is 17.7 Å². The van der Waals surface area contributed by atoms with Gasteiger partial charge in [0, 0.05) is 13.0 Å². The molecule has 0 bridgehead atoms. The smallest absolute Gasteiger partial charge is 0.337 e. The summed E-state index contributed by atoms with van der Waals surface area (Å²) < 4.78 is 6.58. The van der Waals surface area contributed by atoms with E-state index >= 15 is 0 Å². The van der Waals surface area contributed by atoms with Gasteiger partial charge < -0.3 is 9.30 Å². The molecule has 0 aliphatic carbocycles. The number of esters is 1. The van der Waals surface area contributed by atoms with Gasteiger partial charge >= 0.3 is 5.97 Å². The van der Waals surface area contributed by atoms with E-state index in [0.717, 1.165) is 29.8 Å². The van der Waals surface area contributed by atoms with Crippen LogP contribution in [0.4, 0.5) is 0 Å². The number of aromatic nitrogens is 2. The Morgan fingerprint density at radius 1 is 1.33 bits per heavy atom. The van der Waals surface area contributed by atoms with Crippen LogP contribution >= 0.6 is 0 Å². The summed E-state index contributed by atoms with van der Waals surface area (Å²) >= 11 is 0. The number of aryl methyl sites for hydroxylation is 2. The van der Waals surface area contributed by atoms with Gasteiger partial charge in [-0.05, 0) is 24.6 Å². The third-order valence-electron chi connectivity index (χ3n) is 3.41. The summed E-state index contributed by atoms with van der Waals surface area (Å²) in [6.45, 7) is 4.40. The van der Waals surface area contributed by atoms with E-state index in [2.05, 4.69) is 9.72 Å². The molecule has 2 aromatic rings. The van der Waals surface area contributed by atoms with Crippen molar-refractivity contribution >= 4 is 12.3 Å². The van der Waals surface area contributed by atoms with Crippen molar-refractivity contribution < 1.29 is 14.3 Å². The Labute approximate surface area is 123 Å². The minimum Gasteiger partial charge on any atom is -0.465 e. The monoisotopic (exact) mass is 286 g/mol. The Bertz CT molecular complexity index is 657. The standard InChI is InChI=1S/C16H18N2O3/c1-4-15-17-11(2)14(10-19)18(15)9-12-5-7-13(8-6-12)16(20)21-3/h5-8,10H,4,9H2,1-3H3. The molecule has 110 valence electrons. The lowest BCUT2D eigenvalue weighted by molar-refractivity contribution is 0.0600. The van der Waals surface area contributed by atoms with Gasteiger partial charge in [0.25, 0.3) is 0 Å². The maximum atomic E-state index is 11.4. The summed E-state index contributed by atoms with van der Waals surface area (Å²) in [5.41, 5.74) is 2.85. The van der Waals surface area contributed by atoms with Gasteiger partial charge in [0.05, 0.1) is 18.4 Å². The number of ether oxygens (including phenoxy) is 1. The lowest BCUT2D eigenvalue weighted by atomic mass is 10.1. The van der Waals surface area contributed by atoms with Gasteiger partial charge in [-0.25, -0.2) is 9.78 Å². The van der Waals surface area contributed by atoms with Crippen LogP contribution < -0.4 is 0 Å². The molecule has 2 rings (SSSR count). The number of rotatable bonds is 5. The van der Waals surface area contributed by atoms with Crippen molar-refractivity contribution in [1.29, 1.82) is 0 Å². The topological polar surface area (TPSA) is 61.2 Å². The molecule has 1 aromatic carbocycles. The van der Waals surface area contributed by atoms with Crippen molar-refractivity contribution in [3.63, 3.8) is 0 Å². The van der Waals surface area contributed by atoms with Crippen LogP contribution in [0.15, 0.2) is 24.3 Å². The quantitative estimate of drug-likeness (QED) is 0.625. The van der Waals surface area contributed by atoms with Crippen LogP contribution in [0, 0.1) is 6.92 Å². The third kappa shape index (κ3) is 3.02. The minimum atomic E-state index is -0.358. The SMILES string of the molecule is CCc1nc(C)c(C=O)n1Cc1ccc(C(=O)OC)cc1. The fraction of sp³-hybridized carbons (Fsp3) is 0.312. The molecule has 21 heavy (non-hydrogen) atoms. The summed E-state index contributed by atoms with van der Waals surface area (Å²) in [7, 11) is 1.36. The van der Waals surface area contributed by atoms with Crippen molar-refractivity contribution in [3.05, 3.63) is 52.6 Å². The van der Waals surface area contributed by atoms with Gasteiger partial charge in [0.1, 0.15) is 11.5 Å². The van der Waals surface area contributed by atoms with Crippen LogP contribution in [0.25, 0.3) is 0 Å². The second-order valence-electron chi connectivity index (χ2n) is 4.74. The maximum Gasteiger partial charge on any atom is 0.337 e. The van der Waals surface area contributed by atoms with Crippen LogP contribution in [0.1, 0.15) is 44.9 Å². The van der Waals surface area contributed by atoms with Gasteiger partial charge in [-0.1, -0.05) is 19.1 Å². The summed E-state index contributed by atoms with van der Waals surface area (Å²) in [6, 6.07) is 7.15. The highest BCUT2D eigenvalue weighted by Gasteiger charge is 2.13. The average molecular weight is 286 g/mol. The Morgan fingerprint density at radius 3 is 2.52 bits per heavy atom. The molecular formula is C16H18N2O3. The van der Waals surface area contributed by atoms with E-state index in [4.69, 9.17) is 0 Å². The molecule has 1 aromatic heterocycles. The van der Waals surface area contributed by atoms with E-state index in [9.17, 15) is 9.59 Å². The van der Waals surface area contributed by atoms with E-state index in [1.54, 1.807) is 12.1 Å². The Balaban J connectivity index is 2.30. The van der Waals surface area contributed by atoms with Crippen molar-refractivity contribution in [2.75, 3.05) is 7.11 Å². The summed E-state index contributed by atoms with van der Waals surface area (Å²) in [5, 5.41) is 0. The number of nitrogens with zero attached hydrogens (tertiary/aromatic N) is 2. The number of aldehydes is 1. The zero-order chi connectivity index (χ0) is 15.4. The van der Waals surface area contributed by atoms with Crippen LogP contribution in [0.2, 0.25) is 0 Å². The maximum absolute atomic E-state index is 11.4. The summed E-state index contributed by atoms with van der Waals surface area (Å²) in [6.07, 6.45) is 1.60. The number of methoxy groups -OCH3 is 1. The molecule has 0 fully saturated rings. The fourth-order valence-electron chi connectivity index (χ4n) is 2.29. The molecule has 0 unspecified atom stereocenters. The molecule has 0 aliphatic heterocycles. The van der Waals surface area contributed by atoms with Crippen LogP contribution in [0.5, 0.6) is 0 Å². The van der Waals surface area contributed by atoms with Crippen LogP contribution in [-0.4, -0.2) is 28.9 Å². The van der Waals surface area contributed by atoms with Gasteiger partial charge in [0.2, 0.25) is 0 Å². The average Bonchev–Trinajstić information content (AvgIpc) is 2.82. The van der Waals surface area contributed by atoms with E-state index in [1.165, 1.54) is 7.11 Å². The lowest BCUT2D eigenvalue weighted by Crippen LogP contribution is -2.08. The van der Waals surface area contributed by atoms with Gasteiger partial charge in [-0.2, -0.15) is 0 Å². The molecule has 0 saturated carbocycles. The number of benzene rings is 1. The number of carbonyl (C=O) groups excluding carboxylic acids is 2.